The Hall–Kier alpha value is -6.47. The summed E-state index contributed by atoms with van der Waals surface area (Å²) in [4.78, 5) is 40.1. The molecule has 0 saturated carbocycles. The average Bonchev–Trinajstić information content (AvgIpc) is 3.90. The predicted molar refractivity (Wildman–Crippen MR) is 215 cm³/mol. The first kappa shape index (κ1) is 41.7. The Labute approximate surface area is 343 Å². The number of aliphatic carboxylic acids is 1. The van der Waals surface area contributed by atoms with E-state index in [1.165, 1.54) is 40.0 Å². The van der Waals surface area contributed by atoms with Gasteiger partial charge in [-0.15, -0.1) is 5.10 Å². The van der Waals surface area contributed by atoms with Crippen LogP contribution in [0.5, 0.6) is 0 Å². The fourth-order valence-electron chi connectivity index (χ4n) is 7.99. The fourth-order valence-corrected chi connectivity index (χ4v) is 7.99. The molecular formula is C41H45F3N12O4. The standard InChI is InChI=1S/C41H45F3N12O4/c1-5-34(27(2)37(38(57)58)51(3)4)56-39(59)55(26-48-56)36-17-15-31(23-46-36)53-20-18-52(19-21-53)30-13-10-28(11-14-30)29-12-16-35(45-22-29)41(43,44)40(60,24-54-25-47-49-50-54)32-8-6-7-9-33(32)42/h6-17,22-23,25-27,34,37,60H,5,18-21,24H2,1-4H3,(H,57,58)/t27?,34?,37-,40?/m0/s1. The number of carboxylic acids is 1. The molecule has 1 saturated heterocycles. The van der Waals surface area contributed by atoms with Crippen molar-refractivity contribution in [2.75, 3.05) is 50.1 Å². The third-order valence-electron chi connectivity index (χ3n) is 11.2. The number of piperazine rings is 1. The Kier molecular flexibility index (Phi) is 11.8. The molecule has 0 aliphatic carbocycles. The first-order valence-corrected chi connectivity index (χ1v) is 19.4. The highest BCUT2D eigenvalue weighted by atomic mass is 19.3. The Balaban J connectivity index is 0.986. The van der Waals surface area contributed by atoms with Crippen LogP contribution in [0.4, 0.5) is 24.5 Å². The molecule has 0 bridgehead atoms. The highest BCUT2D eigenvalue weighted by Gasteiger charge is 2.58. The molecule has 1 fully saturated rings. The second kappa shape index (κ2) is 17.0. The van der Waals surface area contributed by atoms with Crippen molar-refractivity contribution in [1.29, 1.82) is 0 Å². The number of aliphatic hydroxyl groups is 1. The summed E-state index contributed by atoms with van der Waals surface area (Å²) in [5.41, 5.74) is -1.64. The van der Waals surface area contributed by atoms with Crippen LogP contribution in [0, 0.1) is 11.7 Å². The molecule has 1 aliphatic heterocycles. The topological polar surface area (TPSA) is 176 Å². The fraction of sp³-hybridized carbons (Fsp3) is 0.366. The number of alkyl halides is 2. The van der Waals surface area contributed by atoms with Gasteiger partial charge in [-0.2, -0.15) is 13.9 Å². The SMILES string of the molecule is CCC(C(C)[C@@H](C(=O)O)N(C)C)n1ncn(-c2ccc(N3CCN(c4ccc(-c5ccc(C(F)(F)C(O)(Cn6cnnn6)c6ccccc6F)nc5)cc4)CC3)cn2)c1=O. The van der Waals surface area contributed by atoms with Crippen LogP contribution in [0.15, 0.2) is 103 Å². The van der Waals surface area contributed by atoms with E-state index in [-0.39, 0.29) is 0 Å². The van der Waals surface area contributed by atoms with Crippen molar-refractivity contribution >= 4 is 17.3 Å². The van der Waals surface area contributed by atoms with Crippen LogP contribution in [0.3, 0.4) is 0 Å². The normalized spacial score (nSPS) is 16.1. The van der Waals surface area contributed by atoms with Gasteiger partial charge in [-0.3, -0.25) is 14.7 Å². The third kappa shape index (κ3) is 7.96. The van der Waals surface area contributed by atoms with Crippen molar-refractivity contribution < 1.29 is 28.2 Å². The second-order valence-corrected chi connectivity index (χ2v) is 15.1. The van der Waals surface area contributed by atoms with Gasteiger partial charge >= 0.3 is 17.6 Å². The van der Waals surface area contributed by atoms with E-state index in [2.05, 4.69) is 40.4 Å². The van der Waals surface area contributed by atoms with Gasteiger partial charge in [-0.05, 0) is 72.9 Å². The molecule has 7 rings (SSSR count). The maximum absolute atomic E-state index is 16.2. The largest absolute Gasteiger partial charge is 0.480 e. The zero-order valence-corrected chi connectivity index (χ0v) is 33.4. The smallest absolute Gasteiger partial charge is 0.351 e. The van der Waals surface area contributed by atoms with Crippen LogP contribution in [-0.2, 0) is 22.9 Å². The molecule has 2 aromatic carbocycles. The monoisotopic (exact) mass is 826 g/mol. The lowest BCUT2D eigenvalue weighted by molar-refractivity contribution is -0.207. The van der Waals surface area contributed by atoms with Crippen LogP contribution in [-0.4, -0.2) is 112 Å². The van der Waals surface area contributed by atoms with Crippen molar-refractivity contribution in [3.05, 3.63) is 125 Å². The van der Waals surface area contributed by atoms with Crippen molar-refractivity contribution in [3.63, 3.8) is 0 Å². The van der Waals surface area contributed by atoms with E-state index in [0.717, 1.165) is 59.2 Å². The quantitative estimate of drug-likeness (QED) is 0.151. The van der Waals surface area contributed by atoms with Crippen LogP contribution in [0.1, 0.15) is 37.6 Å². The van der Waals surface area contributed by atoms with Crippen molar-refractivity contribution in [1.82, 2.24) is 49.4 Å². The van der Waals surface area contributed by atoms with E-state index in [1.54, 1.807) is 31.3 Å². The highest BCUT2D eigenvalue weighted by Crippen LogP contribution is 2.46. The number of likely N-dealkylation sites (N-methyl/N-ethyl adjacent to an activating group) is 1. The molecule has 19 heteroatoms. The molecule has 16 nitrogen and oxygen atoms in total. The number of hydrogen-bond donors (Lipinski definition) is 2. The molecule has 2 N–H and O–H groups in total. The van der Waals surface area contributed by atoms with Gasteiger partial charge in [0.05, 0.1) is 24.5 Å². The summed E-state index contributed by atoms with van der Waals surface area (Å²) in [6.07, 6.45) is 6.01. The van der Waals surface area contributed by atoms with Gasteiger partial charge in [0.2, 0.25) is 0 Å². The number of pyridine rings is 2. The minimum absolute atomic E-state index is 0.393. The summed E-state index contributed by atoms with van der Waals surface area (Å²) in [5, 5.41) is 36.1. The number of anilines is 2. The number of halogens is 3. The molecule has 4 aromatic heterocycles. The zero-order valence-electron chi connectivity index (χ0n) is 33.4. The summed E-state index contributed by atoms with van der Waals surface area (Å²) >= 11 is 0. The van der Waals surface area contributed by atoms with Crippen LogP contribution in [0.2, 0.25) is 0 Å². The lowest BCUT2D eigenvalue weighted by Gasteiger charge is -2.37. The number of nitrogens with zero attached hydrogens (tertiary/aromatic N) is 12. The van der Waals surface area contributed by atoms with Crippen molar-refractivity contribution in [3.8, 4) is 16.9 Å². The van der Waals surface area contributed by atoms with Crippen LogP contribution >= 0.6 is 0 Å². The van der Waals surface area contributed by atoms with E-state index in [1.807, 2.05) is 44.2 Å². The summed E-state index contributed by atoms with van der Waals surface area (Å²) in [7, 11) is 3.41. The number of carbonyl (C=O) groups is 1. The number of benzene rings is 2. The molecule has 5 heterocycles. The molecular weight excluding hydrogens is 782 g/mol. The first-order valence-electron chi connectivity index (χ1n) is 19.4. The minimum atomic E-state index is -4.05. The van der Waals surface area contributed by atoms with Gasteiger partial charge in [0.25, 0.3) is 0 Å². The predicted octanol–water partition coefficient (Wildman–Crippen LogP) is 4.23. The number of hydrogen-bond acceptors (Lipinski definition) is 12. The van der Waals surface area contributed by atoms with E-state index in [9.17, 15) is 24.2 Å². The number of aromatic nitrogens is 9. The zero-order chi connectivity index (χ0) is 42.8. The summed E-state index contributed by atoms with van der Waals surface area (Å²) < 4.78 is 50.9. The number of tetrazole rings is 1. The number of carboxylic acid groups (broad SMARTS) is 1. The molecule has 0 spiro atoms. The van der Waals surface area contributed by atoms with E-state index in [0.29, 0.717) is 30.9 Å². The Bertz CT molecular complexity index is 2440. The maximum atomic E-state index is 16.2. The third-order valence-corrected chi connectivity index (χ3v) is 11.2. The molecule has 314 valence electrons. The van der Waals surface area contributed by atoms with Gasteiger partial charge in [0.1, 0.15) is 36.0 Å². The van der Waals surface area contributed by atoms with Crippen molar-refractivity contribution in [2.24, 2.45) is 5.92 Å². The first-order chi connectivity index (χ1) is 28.7. The summed E-state index contributed by atoms with van der Waals surface area (Å²) in [5.74, 6) is -6.01. The Morgan fingerprint density at radius 2 is 1.55 bits per heavy atom. The Morgan fingerprint density at radius 1 is 0.883 bits per heavy atom. The molecule has 4 atom stereocenters. The van der Waals surface area contributed by atoms with Gasteiger partial charge in [0, 0.05) is 55.1 Å². The van der Waals surface area contributed by atoms with Gasteiger partial charge < -0.3 is 20.0 Å². The second-order valence-electron chi connectivity index (χ2n) is 15.1. The van der Waals surface area contributed by atoms with Gasteiger partial charge in [0.15, 0.2) is 5.60 Å². The molecule has 0 amide bonds. The molecule has 0 radical (unpaired) electrons. The molecule has 1 aliphatic rings. The van der Waals surface area contributed by atoms with Crippen LogP contribution in [0.25, 0.3) is 16.9 Å². The van der Waals surface area contributed by atoms with Gasteiger partial charge in [-0.25, -0.2) is 28.1 Å². The average molecular weight is 827 g/mol. The minimum Gasteiger partial charge on any atom is -0.480 e. The van der Waals surface area contributed by atoms with Crippen LogP contribution < -0.4 is 15.5 Å². The van der Waals surface area contributed by atoms with Crippen molar-refractivity contribution in [2.45, 2.75) is 50.4 Å². The molecule has 6 aromatic rings. The number of rotatable bonds is 15. The summed E-state index contributed by atoms with van der Waals surface area (Å²) in [6.45, 7) is 5.74. The lowest BCUT2D eigenvalue weighted by atomic mass is 9.84. The van der Waals surface area contributed by atoms with Gasteiger partial charge in [-0.1, -0.05) is 50.2 Å². The molecule has 60 heavy (non-hydrogen) atoms. The Morgan fingerprint density at radius 3 is 2.12 bits per heavy atom. The maximum Gasteiger partial charge on any atom is 0.351 e. The lowest BCUT2D eigenvalue weighted by Crippen LogP contribution is -2.48. The van der Waals surface area contributed by atoms with E-state index >= 15 is 8.78 Å². The summed E-state index contributed by atoms with van der Waals surface area (Å²) in [6, 6.07) is 17.5. The highest BCUT2D eigenvalue weighted by molar-refractivity contribution is 5.74. The molecule has 3 unspecified atom stereocenters. The van der Waals surface area contributed by atoms with E-state index in [4.69, 9.17) is 0 Å². The van der Waals surface area contributed by atoms with E-state index < -0.39 is 64.8 Å².